The van der Waals surface area contributed by atoms with Gasteiger partial charge in [0.1, 0.15) is 46.5 Å². The predicted molar refractivity (Wildman–Crippen MR) is 184 cm³/mol. The fraction of sp³-hybridized carbons (Fsp3) is 0.853. The van der Waals surface area contributed by atoms with Crippen LogP contribution >= 0.6 is 0 Å². The normalized spacial score (nSPS) is 34.7. The van der Waals surface area contributed by atoms with Crippen molar-refractivity contribution in [3.05, 3.63) is 11.8 Å². The van der Waals surface area contributed by atoms with E-state index in [0.717, 1.165) is 4.90 Å². The Hall–Kier alpha value is -2.93. The minimum absolute atomic E-state index is 0.0408. The summed E-state index contributed by atoms with van der Waals surface area (Å²) >= 11 is 0. The summed E-state index contributed by atoms with van der Waals surface area (Å²) in [5.41, 5.74) is 8.09. The molecule has 3 rings (SSSR count). The zero-order chi connectivity index (χ0) is 38.9. The molecule has 1 unspecified atom stereocenters. The Morgan fingerprint density at radius 1 is 0.941 bits per heavy atom. The van der Waals surface area contributed by atoms with Crippen LogP contribution in [-0.2, 0) is 28.4 Å². The lowest BCUT2D eigenvalue weighted by atomic mass is 9.72. The lowest BCUT2D eigenvalue weighted by molar-refractivity contribution is -0.305. The Morgan fingerprint density at radius 2 is 1.47 bits per heavy atom. The van der Waals surface area contributed by atoms with Crippen molar-refractivity contribution in [2.75, 3.05) is 20.2 Å². The highest BCUT2D eigenvalue weighted by Crippen LogP contribution is 2.38. The van der Waals surface area contributed by atoms with Gasteiger partial charge in [-0.05, 0) is 88.2 Å². The van der Waals surface area contributed by atoms with E-state index in [-0.39, 0.29) is 19.6 Å². The first-order chi connectivity index (χ1) is 23.2. The van der Waals surface area contributed by atoms with E-state index in [0.29, 0.717) is 12.2 Å². The van der Waals surface area contributed by atoms with E-state index in [2.05, 4.69) is 10.6 Å². The average Bonchev–Trinajstić information content (AvgIpc) is 2.93. The van der Waals surface area contributed by atoms with E-state index in [1.54, 1.807) is 68.4 Å². The molecule has 9 N–H and O–H groups in total. The summed E-state index contributed by atoms with van der Waals surface area (Å²) in [5, 5.41) is 40.7. The maximum absolute atomic E-state index is 13.2. The number of ether oxygens (including phenoxy) is 6. The quantitative estimate of drug-likeness (QED) is 0.182. The molecule has 2 heterocycles. The molecule has 51 heavy (non-hydrogen) atoms. The standard InChI is InChI=1S/C34H61N5O12/c1-31(2,3)49-28(42)37-19-14-20(38-29(43)50-32(4,5)6)25(22(40)21(19)24-18(36)13-12-17(15-35)47-24)48-27-23(41)26(34(10,45)16-46-27)39(11)30(44)51-33(7,8)9/h12,18-27,40-41,45H,13-16,35-36H2,1-11H3,(H,37,42)(H,38,43)/t18-,19+,20-,21?,22+,23-,24+,25+,26-,27-,34+/m1/s1. The number of carbonyl (C=O) groups excluding carboxylic acids is 3. The second kappa shape index (κ2) is 16.0. The maximum atomic E-state index is 13.2. The first kappa shape index (κ1) is 42.5. The highest BCUT2D eigenvalue weighted by atomic mass is 16.7. The second-order valence-electron chi connectivity index (χ2n) is 16.8. The Balaban J connectivity index is 2.04. The van der Waals surface area contributed by atoms with Gasteiger partial charge in [-0.25, -0.2) is 14.4 Å². The molecule has 1 saturated carbocycles. The Bertz CT molecular complexity index is 1260. The Labute approximate surface area is 300 Å². The highest BCUT2D eigenvalue weighted by molar-refractivity contribution is 5.69. The number of hydrogen-bond acceptors (Lipinski definition) is 14. The predicted octanol–water partition coefficient (Wildman–Crippen LogP) is 1.20. The van der Waals surface area contributed by atoms with Gasteiger partial charge in [0.2, 0.25) is 0 Å². The minimum Gasteiger partial charge on any atom is -0.492 e. The van der Waals surface area contributed by atoms with Gasteiger partial charge < -0.3 is 70.7 Å². The molecule has 294 valence electrons. The number of aliphatic hydroxyl groups excluding tert-OH is 2. The van der Waals surface area contributed by atoms with Crippen LogP contribution in [0, 0.1) is 5.92 Å². The minimum atomic E-state index is -1.75. The number of nitrogens with one attached hydrogen (secondary N) is 2. The Morgan fingerprint density at radius 3 is 1.98 bits per heavy atom. The summed E-state index contributed by atoms with van der Waals surface area (Å²) in [7, 11) is 1.37. The monoisotopic (exact) mass is 731 g/mol. The van der Waals surface area contributed by atoms with Crippen molar-refractivity contribution in [1.29, 1.82) is 0 Å². The van der Waals surface area contributed by atoms with Crippen molar-refractivity contribution in [2.24, 2.45) is 17.4 Å². The van der Waals surface area contributed by atoms with Crippen LogP contribution in [0.3, 0.4) is 0 Å². The molecule has 0 radical (unpaired) electrons. The van der Waals surface area contributed by atoms with Gasteiger partial charge in [-0.2, -0.15) is 0 Å². The first-order valence-electron chi connectivity index (χ1n) is 17.3. The summed E-state index contributed by atoms with van der Waals surface area (Å²) in [6, 6.07) is -3.88. The zero-order valence-electron chi connectivity index (χ0n) is 31.8. The number of alkyl carbamates (subject to hydrolysis) is 2. The van der Waals surface area contributed by atoms with Crippen molar-refractivity contribution in [3.63, 3.8) is 0 Å². The summed E-state index contributed by atoms with van der Waals surface area (Å²) in [5.74, 6) is -0.522. The summed E-state index contributed by atoms with van der Waals surface area (Å²) in [6.45, 7) is 16.3. The van der Waals surface area contributed by atoms with Gasteiger partial charge in [0.25, 0.3) is 0 Å². The van der Waals surface area contributed by atoms with E-state index in [1.807, 2.05) is 0 Å². The number of aliphatic hydroxyl groups is 3. The Kier molecular flexibility index (Phi) is 13.3. The van der Waals surface area contributed by atoms with Crippen LogP contribution in [0.4, 0.5) is 14.4 Å². The van der Waals surface area contributed by atoms with Crippen LogP contribution in [0.5, 0.6) is 0 Å². The van der Waals surface area contributed by atoms with Gasteiger partial charge in [-0.15, -0.1) is 0 Å². The van der Waals surface area contributed by atoms with Crippen molar-refractivity contribution in [1.82, 2.24) is 15.5 Å². The topological polar surface area (TPSA) is 247 Å². The summed E-state index contributed by atoms with van der Waals surface area (Å²) in [6.07, 6.45) is -7.30. The molecular weight excluding hydrogens is 670 g/mol. The SMILES string of the molecule is CN(C(=O)OC(C)(C)C)[C@@H]1[C@@H](O)[C@@H](O[C@H]2[C@H](NC(=O)OC(C)(C)C)C[C@H](NC(=O)OC(C)(C)C)C([C@H]3OC(CN)=CC[C@H]3N)[C@@H]2O)OC[C@]1(C)O. The lowest BCUT2D eigenvalue weighted by Gasteiger charge is -2.51. The van der Waals surface area contributed by atoms with Crippen molar-refractivity contribution in [2.45, 2.75) is 159 Å². The number of nitrogens with two attached hydrogens (primary N) is 2. The molecule has 0 aromatic rings. The van der Waals surface area contributed by atoms with Crippen LogP contribution in [0.25, 0.3) is 0 Å². The number of hydrogen-bond donors (Lipinski definition) is 7. The van der Waals surface area contributed by atoms with Crippen LogP contribution in [0.2, 0.25) is 0 Å². The van der Waals surface area contributed by atoms with E-state index >= 15 is 0 Å². The summed E-state index contributed by atoms with van der Waals surface area (Å²) < 4.78 is 34.8. The smallest absolute Gasteiger partial charge is 0.410 e. The van der Waals surface area contributed by atoms with Gasteiger partial charge in [0.15, 0.2) is 6.29 Å². The number of carbonyl (C=O) groups is 3. The third kappa shape index (κ3) is 11.5. The molecule has 17 heteroatoms. The molecule has 2 aliphatic heterocycles. The van der Waals surface area contributed by atoms with Gasteiger partial charge in [-0.1, -0.05) is 0 Å². The molecule has 0 bridgehead atoms. The van der Waals surface area contributed by atoms with Crippen molar-refractivity contribution >= 4 is 18.3 Å². The zero-order valence-corrected chi connectivity index (χ0v) is 31.8. The van der Waals surface area contributed by atoms with Gasteiger partial charge in [0, 0.05) is 25.0 Å². The number of rotatable bonds is 7. The second-order valence-corrected chi connectivity index (χ2v) is 16.8. The van der Waals surface area contributed by atoms with Gasteiger partial charge in [-0.3, -0.25) is 0 Å². The fourth-order valence-corrected chi connectivity index (χ4v) is 6.60. The van der Waals surface area contributed by atoms with Crippen LogP contribution in [0.15, 0.2) is 11.8 Å². The largest absolute Gasteiger partial charge is 0.492 e. The molecule has 17 nitrogen and oxygen atoms in total. The molecule has 11 atom stereocenters. The van der Waals surface area contributed by atoms with Crippen LogP contribution in [0.1, 0.15) is 82.1 Å². The van der Waals surface area contributed by atoms with Crippen LogP contribution < -0.4 is 22.1 Å². The molecule has 1 saturated heterocycles. The third-order valence-corrected chi connectivity index (χ3v) is 8.58. The molecule has 0 spiro atoms. The number of nitrogens with zero attached hydrogens (tertiary/aromatic N) is 1. The molecule has 0 aromatic heterocycles. The maximum Gasteiger partial charge on any atom is 0.410 e. The summed E-state index contributed by atoms with van der Waals surface area (Å²) in [4.78, 5) is 40.4. The molecule has 2 fully saturated rings. The number of likely N-dealkylation sites (N-methyl/N-ethyl adjacent to an activating group) is 1. The van der Waals surface area contributed by atoms with Crippen LogP contribution in [-0.4, -0.2) is 136 Å². The molecule has 3 amide bonds. The van der Waals surface area contributed by atoms with Crippen molar-refractivity contribution in [3.8, 4) is 0 Å². The first-order valence-corrected chi connectivity index (χ1v) is 17.3. The third-order valence-electron chi connectivity index (χ3n) is 8.58. The molecular formula is C34H61N5O12. The average molecular weight is 732 g/mol. The molecule has 3 aliphatic rings. The van der Waals surface area contributed by atoms with E-state index in [4.69, 9.17) is 39.9 Å². The van der Waals surface area contributed by atoms with Gasteiger partial charge in [0.05, 0.1) is 31.3 Å². The molecule has 1 aliphatic carbocycles. The van der Waals surface area contributed by atoms with Crippen molar-refractivity contribution < 1.29 is 58.1 Å². The molecule has 0 aromatic carbocycles. The lowest BCUT2D eigenvalue weighted by Crippen LogP contribution is -2.70. The highest BCUT2D eigenvalue weighted by Gasteiger charge is 2.56. The van der Waals surface area contributed by atoms with Gasteiger partial charge >= 0.3 is 18.3 Å². The fourth-order valence-electron chi connectivity index (χ4n) is 6.60. The van der Waals surface area contributed by atoms with E-state index < -0.39 is 101 Å². The number of amides is 3. The van der Waals surface area contributed by atoms with E-state index in [1.165, 1.54) is 14.0 Å². The van der Waals surface area contributed by atoms with E-state index in [9.17, 15) is 29.7 Å².